The Balaban J connectivity index is 2.36. The van der Waals surface area contributed by atoms with Crippen LogP contribution in [0.15, 0.2) is 30.3 Å². The Bertz CT molecular complexity index is 549. The number of hydrogen-bond acceptors (Lipinski definition) is 4. The third-order valence-electron chi connectivity index (χ3n) is 2.64. The van der Waals surface area contributed by atoms with Gasteiger partial charge in [0.15, 0.2) is 0 Å². The highest BCUT2D eigenvalue weighted by Crippen LogP contribution is 2.16. The number of aromatic nitrogens is 3. The number of ether oxygens (including phenoxy) is 1. The maximum absolute atomic E-state index is 5.27. The van der Waals surface area contributed by atoms with Crippen molar-refractivity contribution < 1.29 is 4.74 Å². The quantitative estimate of drug-likeness (QED) is 0.839. The average molecular weight is 264 g/mol. The summed E-state index contributed by atoms with van der Waals surface area (Å²) in [5.41, 5.74) is 0.996. The SMILES string of the molecule is COCCN(C)c1n[nH]c(=S)n1-c1ccccc1. The first-order valence-corrected chi connectivity index (χ1v) is 6.08. The number of H-pyrrole nitrogens is 1. The van der Waals surface area contributed by atoms with Crippen molar-refractivity contribution in [2.75, 3.05) is 32.2 Å². The van der Waals surface area contributed by atoms with Crippen LogP contribution in [0.25, 0.3) is 5.69 Å². The summed E-state index contributed by atoms with van der Waals surface area (Å²) in [6.07, 6.45) is 0. The second kappa shape index (κ2) is 5.79. The van der Waals surface area contributed by atoms with E-state index >= 15 is 0 Å². The molecule has 0 amide bonds. The molecule has 0 bridgehead atoms. The van der Waals surface area contributed by atoms with E-state index in [0.29, 0.717) is 11.4 Å². The number of para-hydroxylation sites is 1. The van der Waals surface area contributed by atoms with E-state index in [0.717, 1.165) is 18.2 Å². The molecule has 0 aliphatic rings. The maximum Gasteiger partial charge on any atom is 0.230 e. The van der Waals surface area contributed by atoms with Gasteiger partial charge in [-0.05, 0) is 24.4 Å². The van der Waals surface area contributed by atoms with Crippen LogP contribution >= 0.6 is 12.2 Å². The summed E-state index contributed by atoms with van der Waals surface area (Å²) in [4.78, 5) is 2.00. The van der Waals surface area contributed by atoms with Crippen molar-refractivity contribution in [3.05, 3.63) is 35.1 Å². The van der Waals surface area contributed by atoms with Crippen molar-refractivity contribution in [3.8, 4) is 5.69 Å². The number of methoxy groups -OCH3 is 1. The van der Waals surface area contributed by atoms with Crippen LogP contribution in [0.3, 0.4) is 0 Å². The fourth-order valence-electron chi connectivity index (χ4n) is 1.68. The van der Waals surface area contributed by atoms with Gasteiger partial charge in [0.2, 0.25) is 10.7 Å². The molecular weight excluding hydrogens is 248 g/mol. The topological polar surface area (TPSA) is 46.1 Å². The number of hydrogen-bond donors (Lipinski definition) is 1. The van der Waals surface area contributed by atoms with Crippen molar-refractivity contribution in [2.24, 2.45) is 0 Å². The van der Waals surface area contributed by atoms with E-state index in [9.17, 15) is 0 Å². The van der Waals surface area contributed by atoms with E-state index in [-0.39, 0.29) is 0 Å². The Kier molecular flexibility index (Phi) is 4.11. The third-order valence-corrected chi connectivity index (χ3v) is 2.92. The molecule has 1 aromatic carbocycles. The predicted octanol–water partition coefficient (Wildman–Crippen LogP) is 2.01. The number of rotatable bonds is 5. The van der Waals surface area contributed by atoms with Crippen LogP contribution in [0.5, 0.6) is 0 Å². The average Bonchev–Trinajstić information content (AvgIpc) is 2.79. The lowest BCUT2D eigenvalue weighted by molar-refractivity contribution is 0.206. The van der Waals surface area contributed by atoms with Gasteiger partial charge in [-0.1, -0.05) is 18.2 Å². The minimum absolute atomic E-state index is 0.584. The summed E-state index contributed by atoms with van der Waals surface area (Å²) in [5, 5.41) is 7.09. The fraction of sp³-hybridized carbons (Fsp3) is 0.333. The maximum atomic E-state index is 5.27. The van der Waals surface area contributed by atoms with E-state index in [2.05, 4.69) is 10.2 Å². The second-order valence-corrected chi connectivity index (χ2v) is 4.30. The number of benzene rings is 1. The lowest BCUT2D eigenvalue weighted by Crippen LogP contribution is -2.25. The van der Waals surface area contributed by atoms with Crippen molar-refractivity contribution >= 4 is 18.2 Å². The van der Waals surface area contributed by atoms with Crippen LogP contribution in [0, 0.1) is 4.77 Å². The molecule has 0 aliphatic carbocycles. The summed E-state index contributed by atoms with van der Waals surface area (Å²) in [6.45, 7) is 1.40. The molecule has 0 saturated heterocycles. The first kappa shape index (κ1) is 12.8. The standard InChI is InChI=1S/C12H16N4OS/c1-15(8-9-17-2)11-13-14-12(18)16(11)10-6-4-3-5-7-10/h3-7H,8-9H2,1-2H3,(H,14,18). The van der Waals surface area contributed by atoms with E-state index in [4.69, 9.17) is 17.0 Å². The van der Waals surface area contributed by atoms with E-state index in [1.54, 1.807) is 7.11 Å². The van der Waals surface area contributed by atoms with Crippen LogP contribution in [-0.4, -0.2) is 42.1 Å². The molecule has 96 valence electrons. The fourth-order valence-corrected chi connectivity index (χ4v) is 1.92. The molecule has 0 saturated carbocycles. The molecule has 0 atom stereocenters. The number of nitrogens with one attached hydrogen (secondary N) is 1. The smallest absolute Gasteiger partial charge is 0.230 e. The Morgan fingerprint density at radius 2 is 2.11 bits per heavy atom. The molecule has 5 nitrogen and oxygen atoms in total. The van der Waals surface area contributed by atoms with Crippen LogP contribution in [0.2, 0.25) is 0 Å². The van der Waals surface area contributed by atoms with Gasteiger partial charge < -0.3 is 9.64 Å². The summed E-state index contributed by atoms with van der Waals surface area (Å²) in [6, 6.07) is 9.92. The molecule has 2 aromatic rings. The Morgan fingerprint density at radius 3 is 2.78 bits per heavy atom. The zero-order valence-electron chi connectivity index (χ0n) is 10.5. The Morgan fingerprint density at radius 1 is 1.39 bits per heavy atom. The lowest BCUT2D eigenvalue weighted by Gasteiger charge is -2.18. The van der Waals surface area contributed by atoms with Crippen molar-refractivity contribution in [3.63, 3.8) is 0 Å². The minimum Gasteiger partial charge on any atom is -0.383 e. The highest BCUT2D eigenvalue weighted by atomic mass is 32.1. The number of likely N-dealkylation sites (N-methyl/N-ethyl adjacent to an activating group) is 1. The van der Waals surface area contributed by atoms with Gasteiger partial charge in [-0.3, -0.25) is 4.57 Å². The lowest BCUT2D eigenvalue weighted by atomic mass is 10.3. The van der Waals surface area contributed by atoms with E-state index < -0.39 is 0 Å². The highest BCUT2D eigenvalue weighted by molar-refractivity contribution is 7.71. The van der Waals surface area contributed by atoms with Crippen LogP contribution in [0.1, 0.15) is 0 Å². The molecule has 6 heteroatoms. The molecular formula is C12H16N4OS. The molecule has 0 unspecified atom stereocenters. The van der Waals surface area contributed by atoms with Gasteiger partial charge in [-0.2, -0.15) is 0 Å². The van der Waals surface area contributed by atoms with Crippen LogP contribution in [0.4, 0.5) is 5.95 Å². The van der Waals surface area contributed by atoms with Gasteiger partial charge in [0, 0.05) is 20.7 Å². The van der Waals surface area contributed by atoms with Crippen molar-refractivity contribution in [1.29, 1.82) is 0 Å². The Labute approximate surface area is 111 Å². The van der Waals surface area contributed by atoms with Gasteiger partial charge >= 0.3 is 0 Å². The number of anilines is 1. The molecule has 2 rings (SSSR count). The molecule has 0 spiro atoms. The molecule has 0 aliphatic heterocycles. The van der Waals surface area contributed by atoms with Crippen molar-refractivity contribution in [1.82, 2.24) is 14.8 Å². The summed E-state index contributed by atoms with van der Waals surface area (Å²) >= 11 is 5.27. The first-order valence-electron chi connectivity index (χ1n) is 5.67. The van der Waals surface area contributed by atoms with Crippen LogP contribution in [-0.2, 0) is 4.74 Å². The van der Waals surface area contributed by atoms with E-state index in [1.165, 1.54) is 0 Å². The third kappa shape index (κ3) is 2.60. The molecule has 0 fully saturated rings. The second-order valence-electron chi connectivity index (χ2n) is 3.91. The number of aromatic amines is 1. The molecule has 1 N–H and O–H groups in total. The molecule has 18 heavy (non-hydrogen) atoms. The number of nitrogens with zero attached hydrogens (tertiary/aromatic N) is 3. The highest BCUT2D eigenvalue weighted by Gasteiger charge is 2.11. The van der Waals surface area contributed by atoms with Crippen molar-refractivity contribution in [2.45, 2.75) is 0 Å². The van der Waals surface area contributed by atoms with Gasteiger partial charge in [0.1, 0.15) is 0 Å². The van der Waals surface area contributed by atoms with Gasteiger partial charge in [0.25, 0.3) is 0 Å². The molecule has 1 heterocycles. The summed E-state index contributed by atoms with van der Waals surface area (Å²) in [5.74, 6) is 0.781. The Hall–Kier alpha value is -1.66. The monoisotopic (exact) mass is 264 g/mol. The predicted molar refractivity (Wildman–Crippen MR) is 73.9 cm³/mol. The van der Waals surface area contributed by atoms with Crippen LogP contribution < -0.4 is 4.90 Å². The zero-order chi connectivity index (χ0) is 13.0. The van der Waals surface area contributed by atoms with Gasteiger partial charge in [0.05, 0.1) is 12.3 Å². The van der Waals surface area contributed by atoms with E-state index in [1.807, 2.05) is 46.8 Å². The van der Waals surface area contributed by atoms with Gasteiger partial charge in [-0.15, -0.1) is 5.10 Å². The molecule has 1 aromatic heterocycles. The zero-order valence-corrected chi connectivity index (χ0v) is 11.3. The minimum atomic E-state index is 0.584. The summed E-state index contributed by atoms with van der Waals surface area (Å²) in [7, 11) is 3.64. The largest absolute Gasteiger partial charge is 0.383 e. The van der Waals surface area contributed by atoms with Gasteiger partial charge in [-0.25, -0.2) is 5.10 Å². The normalized spacial score (nSPS) is 10.6. The summed E-state index contributed by atoms with van der Waals surface area (Å²) < 4.78 is 7.56. The molecule has 0 radical (unpaired) electrons. The first-order chi connectivity index (χ1) is 8.74.